The number of halogens is 1. The van der Waals surface area contributed by atoms with E-state index in [1.807, 2.05) is 5.01 Å². The SMILES string of the molecule is CCCCCCCC/C=C\CCCCCCCCCCN(N)CC.Cl. The standard InChI is InChI=1S/C22H46N2.ClH/c1-3-5-6-7-8-9-10-11-12-13-14-15-16-17-18-19-20-21-22-24(23)4-2;/h11-12H,3-10,13-23H2,1-2H3;1H/b12-11-;. The lowest BCUT2D eigenvalue weighted by Crippen LogP contribution is -2.31. The number of hydrogen-bond acceptors (Lipinski definition) is 2. The van der Waals surface area contributed by atoms with E-state index in [-0.39, 0.29) is 12.4 Å². The minimum absolute atomic E-state index is 0. The maximum absolute atomic E-state index is 5.77. The summed E-state index contributed by atoms with van der Waals surface area (Å²) in [4.78, 5) is 0. The molecule has 0 unspecified atom stereocenters. The van der Waals surface area contributed by atoms with E-state index in [1.54, 1.807) is 0 Å². The highest BCUT2D eigenvalue weighted by atomic mass is 35.5. The van der Waals surface area contributed by atoms with Crippen molar-refractivity contribution in [2.24, 2.45) is 5.84 Å². The van der Waals surface area contributed by atoms with E-state index in [0.29, 0.717) is 0 Å². The quantitative estimate of drug-likeness (QED) is 0.110. The van der Waals surface area contributed by atoms with E-state index >= 15 is 0 Å². The van der Waals surface area contributed by atoms with Gasteiger partial charge in [-0.25, -0.2) is 5.01 Å². The molecule has 0 aliphatic heterocycles. The van der Waals surface area contributed by atoms with Gasteiger partial charge in [0.25, 0.3) is 0 Å². The molecule has 0 spiro atoms. The summed E-state index contributed by atoms with van der Waals surface area (Å²) in [7, 11) is 0. The number of allylic oxidation sites excluding steroid dienone is 2. The minimum Gasteiger partial charge on any atom is -0.269 e. The van der Waals surface area contributed by atoms with Gasteiger partial charge >= 0.3 is 0 Å². The molecule has 0 heterocycles. The third-order valence-corrected chi connectivity index (χ3v) is 4.86. The second kappa shape index (κ2) is 23.9. The third-order valence-electron chi connectivity index (χ3n) is 4.86. The van der Waals surface area contributed by atoms with Crippen LogP contribution in [-0.2, 0) is 0 Å². The highest BCUT2D eigenvalue weighted by molar-refractivity contribution is 5.85. The van der Waals surface area contributed by atoms with Gasteiger partial charge in [0, 0.05) is 13.1 Å². The number of nitrogens with zero attached hydrogens (tertiary/aromatic N) is 1. The summed E-state index contributed by atoms with van der Waals surface area (Å²) in [5.74, 6) is 5.77. The van der Waals surface area contributed by atoms with E-state index in [9.17, 15) is 0 Å². The van der Waals surface area contributed by atoms with Gasteiger partial charge < -0.3 is 0 Å². The minimum atomic E-state index is 0. The maximum Gasteiger partial charge on any atom is 0.0128 e. The molecule has 0 aromatic heterocycles. The van der Waals surface area contributed by atoms with E-state index < -0.39 is 0 Å². The largest absolute Gasteiger partial charge is 0.269 e. The molecular formula is C22H47ClN2. The van der Waals surface area contributed by atoms with Crippen LogP contribution in [0.25, 0.3) is 0 Å². The molecule has 0 aliphatic carbocycles. The summed E-state index contributed by atoms with van der Waals surface area (Å²) in [5, 5.41) is 1.92. The highest BCUT2D eigenvalue weighted by Gasteiger charge is 1.95. The lowest BCUT2D eigenvalue weighted by molar-refractivity contribution is 0.290. The van der Waals surface area contributed by atoms with Crippen LogP contribution in [0.3, 0.4) is 0 Å². The Morgan fingerprint density at radius 1 is 0.600 bits per heavy atom. The van der Waals surface area contributed by atoms with Crippen LogP contribution in [0.4, 0.5) is 0 Å². The van der Waals surface area contributed by atoms with Gasteiger partial charge in [0.15, 0.2) is 0 Å². The van der Waals surface area contributed by atoms with Crippen molar-refractivity contribution in [3.8, 4) is 0 Å². The van der Waals surface area contributed by atoms with Crippen molar-refractivity contribution in [2.75, 3.05) is 13.1 Å². The predicted molar refractivity (Wildman–Crippen MR) is 117 cm³/mol. The van der Waals surface area contributed by atoms with Crippen molar-refractivity contribution in [3.05, 3.63) is 12.2 Å². The molecular weight excluding hydrogens is 328 g/mol. The molecule has 0 radical (unpaired) electrons. The molecule has 3 heteroatoms. The number of hydrazine groups is 1. The lowest BCUT2D eigenvalue weighted by Gasteiger charge is -2.12. The summed E-state index contributed by atoms with van der Waals surface area (Å²) in [6.07, 6.45) is 26.9. The zero-order chi connectivity index (χ0) is 17.7. The summed E-state index contributed by atoms with van der Waals surface area (Å²) in [5.41, 5.74) is 0. The smallest absolute Gasteiger partial charge is 0.0128 e. The molecule has 0 atom stereocenters. The van der Waals surface area contributed by atoms with Gasteiger partial charge in [0.05, 0.1) is 0 Å². The lowest BCUT2D eigenvalue weighted by atomic mass is 10.1. The first kappa shape index (κ1) is 27.2. The molecule has 25 heavy (non-hydrogen) atoms. The van der Waals surface area contributed by atoms with Crippen LogP contribution in [0.2, 0.25) is 0 Å². The number of nitrogens with two attached hydrogens (primary N) is 1. The fourth-order valence-corrected chi connectivity index (χ4v) is 3.07. The van der Waals surface area contributed by atoms with Crippen molar-refractivity contribution >= 4 is 12.4 Å². The van der Waals surface area contributed by atoms with Crippen LogP contribution in [0.5, 0.6) is 0 Å². The van der Waals surface area contributed by atoms with Crippen molar-refractivity contribution in [1.29, 1.82) is 0 Å². The molecule has 0 amide bonds. The van der Waals surface area contributed by atoms with Gasteiger partial charge in [-0.05, 0) is 32.1 Å². The third kappa shape index (κ3) is 24.0. The van der Waals surface area contributed by atoms with Crippen molar-refractivity contribution in [3.63, 3.8) is 0 Å². The monoisotopic (exact) mass is 374 g/mol. The zero-order valence-corrected chi connectivity index (χ0v) is 18.1. The van der Waals surface area contributed by atoms with E-state index in [0.717, 1.165) is 13.1 Å². The Balaban J connectivity index is 0. The summed E-state index contributed by atoms with van der Waals surface area (Å²) in [6, 6.07) is 0. The van der Waals surface area contributed by atoms with Crippen LogP contribution >= 0.6 is 12.4 Å². The second-order valence-corrected chi connectivity index (χ2v) is 7.27. The Bertz CT molecular complexity index is 256. The van der Waals surface area contributed by atoms with Gasteiger partial charge in [-0.1, -0.05) is 96.6 Å². The Hall–Kier alpha value is -0.0500. The van der Waals surface area contributed by atoms with Gasteiger partial charge in [0.2, 0.25) is 0 Å². The van der Waals surface area contributed by atoms with Crippen LogP contribution in [-0.4, -0.2) is 18.1 Å². The Kier molecular flexibility index (Phi) is 26.0. The Labute approximate surface area is 165 Å². The van der Waals surface area contributed by atoms with Gasteiger partial charge in [-0.15, -0.1) is 12.4 Å². The van der Waals surface area contributed by atoms with E-state index in [2.05, 4.69) is 26.0 Å². The van der Waals surface area contributed by atoms with Crippen molar-refractivity contribution in [2.45, 2.75) is 117 Å². The number of rotatable bonds is 19. The predicted octanol–water partition coefficient (Wildman–Crippen LogP) is 7.42. The highest BCUT2D eigenvalue weighted by Crippen LogP contribution is 2.11. The molecule has 0 bridgehead atoms. The average molecular weight is 375 g/mol. The van der Waals surface area contributed by atoms with Crippen molar-refractivity contribution < 1.29 is 0 Å². The van der Waals surface area contributed by atoms with E-state index in [4.69, 9.17) is 5.84 Å². The molecule has 2 N–H and O–H groups in total. The van der Waals surface area contributed by atoms with Crippen LogP contribution in [0.15, 0.2) is 12.2 Å². The first-order chi connectivity index (χ1) is 11.8. The first-order valence-corrected chi connectivity index (χ1v) is 11.0. The van der Waals surface area contributed by atoms with E-state index in [1.165, 1.54) is 103 Å². The first-order valence-electron chi connectivity index (χ1n) is 11.0. The number of hydrogen-bond donors (Lipinski definition) is 1. The topological polar surface area (TPSA) is 29.3 Å². The molecule has 0 rings (SSSR count). The fraction of sp³-hybridized carbons (Fsp3) is 0.909. The summed E-state index contributed by atoms with van der Waals surface area (Å²) >= 11 is 0. The molecule has 0 saturated heterocycles. The fourth-order valence-electron chi connectivity index (χ4n) is 3.07. The normalized spacial score (nSPS) is 11.4. The maximum atomic E-state index is 5.77. The second-order valence-electron chi connectivity index (χ2n) is 7.27. The van der Waals surface area contributed by atoms with Crippen LogP contribution < -0.4 is 5.84 Å². The van der Waals surface area contributed by atoms with Crippen LogP contribution in [0.1, 0.15) is 117 Å². The summed E-state index contributed by atoms with van der Waals surface area (Å²) in [6.45, 7) is 6.42. The Morgan fingerprint density at radius 2 is 1.00 bits per heavy atom. The Morgan fingerprint density at radius 3 is 1.44 bits per heavy atom. The van der Waals surface area contributed by atoms with Crippen molar-refractivity contribution in [1.82, 2.24) is 5.01 Å². The zero-order valence-electron chi connectivity index (χ0n) is 17.3. The molecule has 0 aliphatic rings. The summed E-state index contributed by atoms with van der Waals surface area (Å²) < 4.78 is 0. The molecule has 0 aromatic carbocycles. The molecule has 0 aromatic rings. The molecule has 0 fully saturated rings. The van der Waals surface area contributed by atoms with Gasteiger partial charge in [-0.3, -0.25) is 5.84 Å². The molecule has 152 valence electrons. The molecule has 0 saturated carbocycles. The van der Waals surface area contributed by atoms with Gasteiger partial charge in [0.1, 0.15) is 0 Å². The van der Waals surface area contributed by atoms with Crippen LogP contribution in [0, 0.1) is 0 Å². The molecule has 2 nitrogen and oxygen atoms in total. The number of unbranched alkanes of at least 4 members (excludes halogenated alkanes) is 14. The average Bonchev–Trinajstić information content (AvgIpc) is 2.60. The van der Waals surface area contributed by atoms with Gasteiger partial charge in [-0.2, -0.15) is 0 Å².